The number of phosphoric ester groups is 2. The molecule has 3 N–H and O–H groups in total. The van der Waals surface area contributed by atoms with Crippen molar-refractivity contribution in [2.45, 2.75) is 24.6 Å². The summed E-state index contributed by atoms with van der Waals surface area (Å²) in [5.41, 5.74) is 0. The van der Waals surface area contributed by atoms with Crippen LogP contribution in [0.15, 0.2) is 0 Å². The highest BCUT2D eigenvalue weighted by molar-refractivity contribution is 7.80. The van der Waals surface area contributed by atoms with Crippen LogP contribution in [0.5, 0.6) is 0 Å². The minimum absolute atomic E-state index is 0.0347. The predicted molar refractivity (Wildman–Crippen MR) is 82.4 cm³/mol. The third-order valence-corrected chi connectivity index (χ3v) is 6.95. The average molecular weight is 428 g/mol. The first-order valence-electron chi connectivity index (χ1n) is 6.14. The normalized spacial score (nSPS) is 32.0. The average Bonchev–Trinajstić information content (AvgIpc) is 2.75. The number of phosphoric acid groups is 3. The Morgan fingerprint density at radius 3 is 2.29 bits per heavy atom. The molecule has 12 nitrogen and oxygen atoms in total. The highest BCUT2D eigenvalue weighted by Crippen LogP contribution is 2.67. The Hall–Kier alpha value is 0.745. The molecule has 0 bridgehead atoms. The van der Waals surface area contributed by atoms with Gasteiger partial charge in [-0.25, -0.2) is 13.7 Å². The molecule has 0 spiro atoms. The van der Waals surface area contributed by atoms with E-state index in [-0.39, 0.29) is 12.4 Å². The van der Waals surface area contributed by atoms with E-state index in [1.807, 2.05) is 0 Å². The Balaban J connectivity index is 2.61. The van der Waals surface area contributed by atoms with Crippen molar-refractivity contribution in [3.63, 3.8) is 0 Å². The molecule has 1 aliphatic heterocycles. The van der Waals surface area contributed by atoms with E-state index in [0.29, 0.717) is 7.11 Å². The van der Waals surface area contributed by atoms with Crippen LogP contribution < -0.4 is 0 Å². The fourth-order valence-electron chi connectivity index (χ4n) is 1.67. The molecule has 0 aromatic heterocycles. The first-order chi connectivity index (χ1) is 10.9. The summed E-state index contributed by atoms with van der Waals surface area (Å²) in [6.07, 6.45) is -1.17. The summed E-state index contributed by atoms with van der Waals surface area (Å²) in [7, 11) is -9.28. The van der Waals surface area contributed by atoms with Crippen molar-refractivity contribution in [2.24, 2.45) is 0 Å². The first kappa shape index (κ1) is 22.8. The number of thiol groups is 1. The summed E-state index contributed by atoms with van der Waals surface area (Å²) < 4.78 is 60.5. The van der Waals surface area contributed by atoms with Gasteiger partial charge in [0.15, 0.2) is 0 Å². The largest absolute Gasteiger partial charge is 0.490 e. The molecule has 1 saturated heterocycles. The lowest BCUT2D eigenvalue weighted by molar-refractivity contribution is -0.0236. The van der Waals surface area contributed by atoms with Gasteiger partial charge in [-0.1, -0.05) is 0 Å². The van der Waals surface area contributed by atoms with Crippen molar-refractivity contribution in [1.29, 1.82) is 0 Å². The molecule has 0 aliphatic carbocycles. The van der Waals surface area contributed by atoms with E-state index < -0.39 is 48.3 Å². The van der Waals surface area contributed by atoms with Crippen LogP contribution in [0.2, 0.25) is 0 Å². The molecule has 1 aliphatic rings. The lowest BCUT2D eigenvalue weighted by Crippen LogP contribution is -2.28. The number of hydrogen-bond donors (Lipinski definition) is 4. The summed E-state index contributed by atoms with van der Waals surface area (Å²) in [6.45, 7) is -0.582. The van der Waals surface area contributed by atoms with Crippen LogP contribution in [0.3, 0.4) is 0 Å². The van der Waals surface area contributed by atoms with E-state index in [2.05, 4.69) is 30.3 Å². The van der Waals surface area contributed by atoms with E-state index in [1.165, 1.54) is 0 Å². The zero-order valence-corrected chi connectivity index (χ0v) is 15.8. The fraction of sp³-hybridized carbons (Fsp3) is 1.00. The van der Waals surface area contributed by atoms with Gasteiger partial charge in [0.25, 0.3) is 0 Å². The second kappa shape index (κ2) is 9.10. The summed E-state index contributed by atoms with van der Waals surface area (Å²) in [4.78, 5) is 27.5. The van der Waals surface area contributed by atoms with Gasteiger partial charge in [0.2, 0.25) is 0 Å². The quantitative estimate of drug-likeness (QED) is 0.165. The van der Waals surface area contributed by atoms with E-state index in [9.17, 15) is 23.5 Å². The number of hydrogen-bond acceptors (Lipinski definition) is 10. The SMILES string of the molecule is [B][C@H]1C[C@@H](OCS)C(COP(=O)(O)OP(=O)(O)OP(=O)(O)OC)O1. The van der Waals surface area contributed by atoms with Gasteiger partial charge in [-0.3, -0.25) is 9.05 Å². The molecule has 17 heteroatoms. The zero-order chi connectivity index (χ0) is 18.6. The van der Waals surface area contributed by atoms with Crippen LogP contribution >= 0.6 is 36.1 Å². The van der Waals surface area contributed by atoms with Crippen LogP contribution in [0.1, 0.15) is 6.42 Å². The van der Waals surface area contributed by atoms with Gasteiger partial charge < -0.3 is 24.2 Å². The van der Waals surface area contributed by atoms with E-state index in [4.69, 9.17) is 22.2 Å². The summed E-state index contributed by atoms with van der Waals surface area (Å²) in [5, 5.41) is 0. The number of ether oxygens (including phenoxy) is 2. The van der Waals surface area contributed by atoms with Gasteiger partial charge in [0, 0.05) is 13.1 Å². The third kappa shape index (κ3) is 7.97. The van der Waals surface area contributed by atoms with Crippen LogP contribution in [0, 0.1) is 0 Å². The molecule has 0 aromatic rings. The molecule has 0 amide bonds. The smallest absolute Gasteiger partial charge is 0.380 e. The van der Waals surface area contributed by atoms with Crippen LogP contribution in [0.4, 0.5) is 0 Å². The van der Waals surface area contributed by atoms with Crippen LogP contribution in [-0.4, -0.2) is 60.4 Å². The van der Waals surface area contributed by atoms with Gasteiger partial charge in [-0.2, -0.15) is 21.3 Å². The van der Waals surface area contributed by atoms with E-state index in [0.717, 1.165) is 0 Å². The van der Waals surface area contributed by atoms with Gasteiger partial charge in [0.1, 0.15) is 14.0 Å². The van der Waals surface area contributed by atoms with E-state index in [1.54, 1.807) is 0 Å². The maximum Gasteiger partial charge on any atom is 0.490 e. The van der Waals surface area contributed by atoms with Crippen LogP contribution in [0.25, 0.3) is 0 Å². The summed E-state index contributed by atoms with van der Waals surface area (Å²) in [5.74, 6) is 0.0347. The van der Waals surface area contributed by atoms with Gasteiger partial charge in [-0.05, 0) is 6.42 Å². The van der Waals surface area contributed by atoms with Crippen molar-refractivity contribution >= 4 is 43.9 Å². The highest BCUT2D eigenvalue weighted by Gasteiger charge is 2.43. The topological polar surface area (TPSA) is 167 Å². The lowest BCUT2D eigenvalue weighted by Gasteiger charge is -2.21. The Labute approximate surface area is 144 Å². The van der Waals surface area contributed by atoms with Crippen LogP contribution in [-0.2, 0) is 40.8 Å². The molecule has 1 heterocycles. The molecule has 1 fully saturated rings. The predicted octanol–water partition coefficient (Wildman–Crippen LogP) is 0.540. The maximum atomic E-state index is 11.7. The number of rotatable bonds is 10. The molecule has 4 unspecified atom stereocenters. The second-order valence-corrected chi connectivity index (χ2v) is 9.33. The Kier molecular flexibility index (Phi) is 8.64. The minimum Gasteiger partial charge on any atom is -0.380 e. The highest BCUT2D eigenvalue weighted by atomic mass is 32.1. The van der Waals surface area contributed by atoms with Gasteiger partial charge in [0.05, 0.1) is 18.6 Å². The first-order valence-corrected chi connectivity index (χ1v) is 11.3. The molecule has 6 atom stereocenters. The molecule has 0 saturated carbocycles. The fourth-order valence-corrected chi connectivity index (χ4v) is 5.12. The van der Waals surface area contributed by atoms with Crippen molar-refractivity contribution < 1.29 is 55.5 Å². The molecule has 24 heavy (non-hydrogen) atoms. The van der Waals surface area contributed by atoms with E-state index >= 15 is 0 Å². The second-order valence-electron chi connectivity index (χ2n) is 4.33. The monoisotopic (exact) mass is 428 g/mol. The standard InChI is InChI=1S/C7H16BO12P3S/c1-15-21(9,10)19-23(13,14)20-22(11,12)17-3-6-5(16-4-24)2-7(8)18-6/h5-7,24H,2-4H2,1H3,(H,9,10)(H,11,12)(H,13,14)/t5-,6?,7-/m1/s1. The Morgan fingerprint density at radius 2 is 1.75 bits per heavy atom. The maximum absolute atomic E-state index is 11.7. The molecule has 0 aromatic carbocycles. The Morgan fingerprint density at radius 1 is 1.17 bits per heavy atom. The molecular formula is C7H16BO12P3S. The zero-order valence-electron chi connectivity index (χ0n) is 12.2. The minimum atomic E-state index is -5.44. The third-order valence-electron chi connectivity index (χ3n) is 2.56. The van der Waals surface area contributed by atoms with Crippen molar-refractivity contribution in [3.05, 3.63) is 0 Å². The molecule has 2 radical (unpaired) electrons. The molecule has 1 rings (SSSR count). The lowest BCUT2D eigenvalue weighted by atomic mass is 9.96. The van der Waals surface area contributed by atoms with Crippen molar-refractivity contribution in [2.75, 3.05) is 19.7 Å². The van der Waals surface area contributed by atoms with Gasteiger partial charge in [-0.15, -0.1) is 0 Å². The van der Waals surface area contributed by atoms with Gasteiger partial charge >= 0.3 is 23.5 Å². The Bertz CT molecular complexity index is 561. The van der Waals surface area contributed by atoms with Crippen molar-refractivity contribution in [1.82, 2.24) is 0 Å². The summed E-state index contributed by atoms with van der Waals surface area (Å²) >= 11 is 3.86. The molecular weight excluding hydrogens is 412 g/mol. The molecule has 140 valence electrons. The summed E-state index contributed by atoms with van der Waals surface area (Å²) in [6, 6.07) is -0.697. The van der Waals surface area contributed by atoms with Crippen molar-refractivity contribution in [3.8, 4) is 0 Å².